The first-order valence-electron chi connectivity index (χ1n) is 11.7. The molecule has 0 fully saturated rings. The van der Waals surface area contributed by atoms with E-state index in [1.165, 1.54) is 22.9 Å². The number of para-hydroxylation sites is 2. The number of aromatic amines is 1. The Labute approximate surface area is 208 Å². The number of rotatable bonds is 5. The molecule has 0 spiro atoms. The Hall–Kier alpha value is -3.84. The van der Waals surface area contributed by atoms with Crippen LogP contribution in [0.3, 0.4) is 0 Å². The molecule has 174 valence electrons. The van der Waals surface area contributed by atoms with Gasteiger partial charge < -0.3 is 9.88 Å². The van der Waals surface area contributed by atoms with E-state index in [4.69, 9.17) is 0 Å². The SMILES string of the molecule is Cc1ccccc1-n1c(SCC(=O)N2CCc3ccccc3C2)nnc1-c1c[nH]c2ccccc12. The van der Waals surface area contributed by atoms with E-state index in [9.17, 15) is 4.79 Å². The smallest absolute Gasteiger partial charge is 0.233 e. The summed E-state index contributed by atoms with van der Waals surface area (Å²) in [6.07, 6.45) is 2.88. The minimum atomic E-state index is 0.123. The lowest BCUT2D eigenvalue weighted by Gasteiger charge is -2.28. The third kappa shape index (κ3) is 4.02. The van der Waals surface area contributed by atoms with Crippen LogP contribution in [-0.4, -0.2) is 42.9 Å². The zero-order chi connectivity index (χ0) is 23.8. The van der Waals surface area contributed by atoms with Crippen molar-refractivity contribution in [2.45, 2.75) is 25.0 Å². The highest BCUT2D eigenvalue weighted by Crippen LogP contribution is 2.33. The molecule has 0 aliphatic carbocycles. The zero-order valence-electron chi connectivity index (χ0n) is 19.4. The fraction of sp³-hybridized carbons (Fsp3) is 0.179. The number of nitrogens with one attached hydrogen (secondary N) is 1. The molecule has 1 N–H and O–H groups in total. The van der Waals surface area contributed by atoms with Gasteiger partial charge in [0.15, 0.2) is 11.0 Å². The maximum atomic E-state index is 13.1. The minimum absolute atomic E-state index is 0.123. The summed E-state index contributed by atoms with van der Waals surface area (Å²) in [4.78, 5) is 18.4. The van der Waals surface area contributed by atoms with Crippen molar-refractivity contribution in [1.82, 2.24) is 24.6 Å². The molecule has 2 aromatic heterocycles. The number of amides is 1. The second-order valence-corrected chi connectivity index (χ2v) is 9.74. The third-order valence-electron chi connectivity index (χ3n) is 6.63. The Morgan fingerprint density at radius 1 is 0.971 bits per heavy atom. The van der Waals surface area contributed by atoms with Crippen molar-refractivity contribution in [2.24, 2.45) is 0 Å². The summed E-state index contributed by atoms with van der Waals surface area (Å²) in [7, 11) is 0. The lowest BCUT2D eigenvalue weighted by molar-refractivity contribution is -0.129. The van der Waals surface area contributed by atoms with Crippen LogP contribution in [0.2, 0.25) is 0 Å². The number of hydrogen-bond acceptors (Lipinski definition) is 4. The number of carbonyl (C=O) groups is 1. The molecule has 5 aromatic rings. The van der Waals surface area contributed by atoms with E-state index in [-0.39, 0.29) is 5.91 Å². The summed E-state index contributed by atoms with van der Waals surface area (Å²) in [6, 6.07) is 24.8. The van der Waals surface area contributed by atoms with Crippen LogP contribution in [0.5, 0.6) is 0 Å². The van der Waals surface area contributed by atoms with Crippen molar-refractivity contribution in [3.05, 3.63) is 95.7 Å². The minimum Gasteiger partial charge on any atom is -0.360 e. The number of aromatic nitrogens is 4. The number of benzene rings is 3. The Kier molecular flexibility index (Phi) is 5.62. The first-order valence-corrected chi connectivity index (χ1v) is 12.7. The average Bonchev–Trinajstić information content (AvgIpc) is 3.51. The quantitative estimate of drug-likeness (QED) is 0.343. The average molecular weight is 480 g/mol. The Morgan fingerprint density at radius 3 is 2.63 bits per heavy atom. The summed E-state index contributed by atoms with van der Waals surface area (Å²) < 4.78 is 2.08. The topological polar surface area (TPSA) is 66.8 Å². The van der Waals surface area contributed by atoms with Gasteiger partial charge in [-0.15, -0.1) is 10.2 Å². The molecule has 1 aliphatic heterocycles. The fourth-order valence-electron chi connectivity index (χ4n) is 4.75. The van der Waals surface area contributed by atoms with Crippen LogP contribution >= 0.6 is 11.8 Å². The molecule has 0 unspecified atom stereocenters. The number of carbonyl (C=O) groups excluding carboxylic acids is 1. The number of H-pyrrole nitrogens is 1. The number of thioether (sulfide) groups is 1. The van der Waals surface area contributed by atoms with Crippen LogP contribution in [-0.2, 0) is 17.8 Å². The molecule has 7 heteroatoms. The summed E-state index contributed by atoms with van der Waals surface area (Å²) in [5.41, 5.74) is 6.75. The van der Waals surface area contributed by atoms with E-state index < -0.39 is 0 Å². The van der Waals surface area contributed by atoms with Gasteiger partial charge in [0.2, 0.25) is 5.91 Å². The van der Waals surface area contributed by atoms with Crippen molar-refractivity contribution in [3.8, 4) is 17.1 Å². The van der Waals surface area contributed by atoms with Crippen LogP contribution in [0.4, 0.5) is 0 Å². The van der Waals surface area contributed by atoms with Gasteiger partial charge in [0.25, 0.3) is 0 Å². The van der Waals surface area contributed by atoms with Crippen molar-refractivity contribution in [2.75, 3.05) is 12.3 Å². The predicted octanol–water partition coefficient (Wildman–Crippen LogP) is 5.40. The van der Waals surface area contributed by atoms with E-state index in [0.29, 0.717) is 17.5 Å². The van der Waals surface area contributed by atoms with Crippen molar-refractivity contribution in [1.29, 1.82) is 0 Å². The van der Waals surface area contributed by atoms with Gasteiger partial charge in [-0.3, -0.25) is 9.36 Å². The highest BCUT2D eigenvalue weighted by Gasteiger charge is 2.23. The number of fused-ring (bicyclic) bond motifs is 2. The molecule has 3 heterocycles. The van der Waals surface area contributed by atoms with Gasteiger partial charge in [0.1, 0.15) is 0 Å². The first-order chi connectivity index (χ1) is 17.2. The predicted molar refractivity (Wildman–Crippen MR) is 140 cm³/mol. The zero-order valence-corrected chi connectivity index (χ0v) is 20.3. The van der Waals surface area contributed by atoms with Gasteiger partial charge in [0, 0.05) is 35.8 Å². The van der Waals surface area contributed by atoms with Crippen molar-refractivity contribution in [3.63, 3.8) is 0 Å². The normalized spacial score (nSPS) is 13.2. The van der Waals surface area contributed by atoms with E-state index in [1.807, 2.05) is 41.4 Å². The molecular weight excluding hydrogens is 454 g/mol. The Bertz CT molecular complexity index is 1540. The first kappa shape index (κ1) is 21.7. The van der Waals surface area contributed by atoms with Crippen LogP contribution in [0.1, 0.15) is 16.7 Å². The Balaban J connectivity index is 1.32. The maximum absolute atomic E-state index is 13.1. The number of nitrogens with zero attached hydrogens (tertiary/aromatic N) is 4. The third-order valence-corrected chi connectivity index (χ3v) is 7.54. The summed E-state index contributed by atoms with van der Waals surface area (Å²) in [5, 5.41) is 10.9. The van der Waals surface area contributed by atoms with Gasteiger partial charge >= 0.3 is 0 Å². The molecule has 1 amide bonds. The van der Waals surface area contributed by atoms with Crippen molar-refractivity contribution < 1.29 is 4.79 Å². The second kappa shape index (κ2) is 9.07. The molecule has 0 radical (unpaired) electrons. The summed E-state index contributed by atoms with van der Waals surface area (Å²) in [6.45, 7) is 3.50. The largest absolute Gasteiger partial charge is 0.360 e. The van der Waals surface area contributed by atoms with Crippen LogP contribution in [0, 0.1) is 6.92 Å². The van der Waals surface area contributed by atoms with E-state index in [2.05, 4.69) is 69.1 Å². The monoisotopic (exact) mass is 479 g/mol. The molecule has 1 aliphatic rings. The highest BCUT2D eigenvalue weighted by atomic mass is 32.2. The molecule has 35 heavy (non-hydrogen) atoms. The van der Waals surface area contributed by atoms with Crippen LogP contribution < -0.4 is 0 Å². The maximum Gasteiger partial charge on any atom is 0.233 e. The standard InChI is InChI=1S/C28H25N5OS/c1-19-8-2-7-13-25(19)33-27(23-16-29-24-12-6-5-11-22(23)24)30-31-28(33)35-18-26(34)32-15-14-20-9-3-4-10-21(20)17-32/h2-13,16,29H,14-15,17-18H2,1H3. The van der Waals surface area contributed by atoms with Gasteiger partial charge in [0.05, 0.1) is 11.4 Å². The van der Waals surface area contributed by atoms with Crippen molar-refractivity contribution >= 4 is 28.6 Å². The van der Waals surface area contributed by atoms with Crippen LogP contribution in [0.15, 0.2) is 84.1 Å². The van der Waals surface area contributed by atoms with E-state index in [1.54, 1.807) is 0 Å². The number of aryl methyl sites for hydroxylation is 1. The summed E-state index contributed by atoms with van der Waals surface area (Å²) in [5.74, 6) is 1.20. The van der Waals surface area contributed by atoms with Crippen LogP contribution in [0.25, 0.3) is 28.0 Å². The fourth-order valence-corrected chi connectivity index (χ4v) is 5.60. The molecule has 0 saturated carbocycles. The highest BCUT2D eigenvalue weighted by molar-refractivity contribution is 7.99. The van der Waals surface area contributed by atoms with Gasteiger partial charge in [-0.05, 0) is 42.2 Å². The molecule has 3 aromatic carbocycles. The summed E-state index contributed by atoms with van der Waals surface area (Å²) >= 11 is 1.45. The van der Waals surface area contributed by atoms with Gasteiger partial charge in [-0.25, -0.2) is 0 Å². The second-order valence-electron chi connectivity index (χ2n) is 8.80. The Morgan fingerprint density at radius 2 is 1.74 bits per heavy atom. The molecule has 0 saturated heterocycles. The van der Waals surface area contributed by atoms with Gasteiger partial charge in [-0.2, -0.15) is 0 Å². The molecule has 6 nitrogen and oxygen atoms in total. The lowest BCUT2D eigenvalue weighted by Crippen LogP contribution is -2.37. The number of hydrogen-bond donors (Lipinski definition) is 1. The lowest BCUT2D eigenvalue weighted by atomic mass is 10.00. The molecule has 6 rings (SSSR count). The van der Waals surface area contributed by atoms with E-state index >= 15 is 0 Å². The molecule has 0 atom stereocenters. The molecular formula is C28H25N5OS. The molecule has 0 bridgehead atoms. The van der Waals surface area contributed by atoms with E-state index in [0.717, 1.165) is 46.5 Å². The van der Waals surface area contributed by atoms with Gasteiger partial charge in [-0.1, -0.05) is 72.4 Å².